The number of halogens is 4. The van der Waals surface area contributed by atoms with Crippen molar-refractivity contribution < 1.29 is 36.4 Å². The van der Waals surface area contributed by atoms with Gasteiger partial charge >= 0.3 is 6.36 Å². The van der Waals surface area contributed by atoms with Crippen molar-refractivity contribution in [2.45, 2.75) is 39.2 Å². The van der Waals surface area contributed by atoms with Crippen LogP contribution in [0.3, 0.4) is 0 Å². The third-order valence-electron chi connectivity index (χ3n) is 5.96. The van der Waals surface area contributed by atoms with Gasteiger partial charge in [-0.15, -0.1) is 13.2 Å². The van der Waals surface area contributed by atoms with E-state index in [2.05, 4.69) is 9.46 Å². The van der Waals surface area contributed by atoms with Crippen molar-refractivity contribution in [1.82, 2.24) is 4.72 Å². The van der Waals surface area contributed by atoms with Gasteiger partial charge in [-0.1, -0.05) is 23.9 Å². The Morgan fingerprint density at radius 3 is 2.49 bits per heavy atom. The maximum atomic E-state index is 14.0. The van der Waals surface area contributed by atoms with Crippen LogP contribution in [0.1, 0.15) is 0 Å². The van der Waals surface area contributed by atoms with E-state index < -0.39 is 46.0 Å². The fraction of sp³-hybridized carbons (Fsp3) is 0.250. The Hall–Kier alpha value is -2.84. The standard InChI is InChI=1S/C24H21F4N3O4S2/c25-14-5-10-19-22(11-14)36-21-4-2-1-3-18(21)31(19)20-13-34-12-17(23(20)32)30-37(29,33)16-8-6-15(7-9-16)35-24(26,27)28/h1-11,17,20,23,32H,12-13H2,(H2,29,30,33). The van der Waals surface area contributed by atoms with Gasteiger partial charge in [-0.05, 0) is 54.6 Å². The highest BCUT2D eigenvalue weighted by Crippen LogP contribution is 2.49. The van der Waals surface area contributed by atoms with Gasteiger partial charge in [-0.2, -0.15) is 0 Å². The topological polar surface area (TPSA) is 94.9 Å². The first-order valence-corrected chi connectivity index (χ1v) is 13.4. The molecule has 0 amide bonds. The van der Waals surface area contributed by atoms with Gasteiger partial charge in [0.25, 0.3) is 0 Å². The van der Waals surface area contributed by atoms with Crippen LogP contribution in [-0.4, -0.2) is 47.1 Å². The predicted octanol–water partition coefficient (Wildman–Crippen LogP) is 5.07. The highest BCUT2D eigenvalue weighted by Gasteiger charge is 2.41. The van der Waals surface area contributed by atoms with E-state index in [1.165, 1.54) is 23.9 Å². The molecule has 0 bridgehead atoms. The molecule has 0 radical (unpaired) electrons. The molecule has 2 aliphatic rings. The van der Waals surface area contributed by atoms with E-state index in [-0.39, 0.29) is 18.1 Å². The molecule has 0 aliphatic carbocycles. The molecule has 0 saturated carbocycles. The maximum absolute atomic E-state index is 14.0. The number of hydrogen-bond acceptors (Lipinski definition) is 7. The number of rotatable bonds is 5. The summed E-state index contributed by atoms with van der Waals surface area (Å²) in [6.45, 7) is 0.0567. The molecule has 1 saturated heterocycles. The molecular formula is C24H21F4N3O4S2. The minimum Gasteiger partial charge on any atom is -0.406 e. The molecule has 7 nitrogen and oxygen atoms in total. The Labute approximate surface area is 214 Å². The molecule has 196 valence electrons. The lowest BCUT2D eigenvalue weighted by Crippen LogP contribution is -2.60. The van der Waals surface area contributed by atoms with Crippen LogP contribution >= 0.6 is 11.8 Å². The third kappa shape index (κ3) is 5.41. The third-order valence-corrected chi connectivity index (χ3v) is 8.64. The number of para-hydroxylation sites is 1. The largest absolute Gasteiger partial charge is 0.573 e. The summed E-state index contributed by atoms with van der Waals surface area (Å²) in [5.74, 6) is -0.907. The number of ether oxygens (including phenoxy) is 2. The molecule has 5 rings (SSSR count). The van der Waals surface area contributed by atoms with Crippen molar-refractivity contribution in [3.8, 4) is 5.75 Å². The highest BCUT2D eigenvalue weighted by molar-refractivity contribution is 7.99. The Bertz CT molecular complexity index is 1400. The predicted molar refractivity (Wildman–Crippen MR) is 129 cm³/mol. The molecular weight excluding hydrogens is 534 g/mol. The van der Waals surface area contributed by atoms with E-state index >= 15 is 0 Å². The molecule has 2 heterocycles. The minimum absolute atomic E-state index is 0.0523. The van der Waals surface area contributed by atoms with E-state index in [4.69, 9.17) is 9.52 Å². The van der Waals surface area contributed by atoms with Gasteiger partial charge in [0.15, 0.2) is 0 Å². The Kier molecular flexibility index (Phi) is 6.83. The first-order valence-electron chi connectivity index (χ1n) is 11.1. The van der Waals surface area contributed by atoms with Crippen LogP contribution in [0.4, 0.5) is 28.9 Å². The summed E-state index contributed by atoms with van der Waals surface area (Å²) in [5.41, 5.74) is 1.46. The van der Waals surface area contributed by atoms with Crippen molar-refractivity contribution >= 4 is 33.1 Å². The second-order valence-corrected chi connectivity index (χ2v) is 11.4. The summed E-state index contributed by atoms with van der Waals surface area (Å²) in [6.07, 6.45) is -6.04. The van der Waals surface area contributed by atoms with Crippen LogP contribution in [0.25, 0.3) is 0 Å². The van der Waals surface area contributed by atoms with Gasteiger partial charge in [0, 0.05) is 9.79 Å². The summed E-state index contributed by atoms with van der Waals surface area (Å²) < 4.78 is 85.0. The zero-order valence-corrected chi connectivity index (χ0v) is 20.6. The van der Waals surface area contributed by atoms with Gasteiger partial charge in [-0.3, -0.25) is 0 Å². The molecule has 37 heavy (non-hydrogen) atoms. The van der Waals surface area contributed by atoms with Gasteiger partial charge in [0.1, 0.15) is 21.5 Å². The van der Waals surface area contributed by atoms with Crippen LogP contribution < -0.4 is 14.4 Å². The van der Waals surface area contributed by atoms with Crippen LogP contribution in [0, 0.1) is 10.6 Å². The summed E-state index contributed by atoms with van der Waals surface area (Å²) in [6, 6.07) is 14.3. The van der Waals surface area contributed by atoms with Crippen molar-refractivity contribution in [3.63, 3.8) is 0 Å². The first-order chi connectivity index (χ1) is 17.5. The van der Waals surface area contributed by atoms with Crippen molar-refractivity contribution in [3.05, 3.63) is 72.5 Å². The molecule has 3 aromatic rings. The number of anilines is 2. The number of alkyl halides is 3. The van der Waals surface area contributed by atoms with E-state index in [9.17, 15) is 26.9 Å². The fourth-order valence-electron chi connectivity index (χ4n) is 4.34. The number of aliphatic hydroxyl groups excluding tert-OH is 1. The molecule has 3 aromatic carbocycles. The molecule has 13 heteroatoms. The smallest absolute Gasteiger partial charge is 0.406 e. The van der Waals surface area contributed by atoms with Gasteiger partial charge < -0.3 is 19.5 Å². The Balaban J connectivity index is 1.40. The summed E-state index contributed by atoms with van der Waals surface area (Å²) in [5, 5.41) is 11.3. The Morgan fingerprint density at radius 2 is 1.76 bits per heavy atom. The first kappa shape index (κ1) is 25.8. The van der Waals surface area contributed by atoms with Crippen LogP contribution in [0.2, 0.25) is 0 Å². The van der Waals surface area contributed by atoms with Crippen LogP contribution in [0.5, 0.6) is 5.75 Å². The van der Waals surface area contributed by atoms with E-state index in [1.54, 1.807) is 6.07 Å². The average molecular weight is 556 g/mol. The van der Waals surface area contributed by atoms with Gasteiger partial charge in [-0.25, -0.2) is 18.1 Å². The average Bonchev–Trinajstić information content (AvgIpc) is 2.83. The number of nitrogens with one attached hydrogen (secondary N) is 2. The fourth-order valence-corrected chi connectivity index (χ4v) is 6.73. The summed E-state index contributed by atoms with van der Waals surface area (Å²) >= 11 is 1.40. The molecule has 4 unspecified atom stereocenters. The number of nitrogens with zero attached hydrogens (tertiary/aromatic N) is 1. The lowest BCUT2D eigenvalue weighted by Gasteiger charge is -2.45. The second-order valence-electron chi connectivity index (χ2n) is 8.45. The van der Waals surface area contributed by atoms with E-state index in [1.807, 2.05) is 29.2 Å². The summed E-state index contributed by atoms with van der Waals surface area (Å²) in [4.78, 5) is 3.28. The molecule has 1 fully saturated rings. The normalized spacial score (nSPS) is 23.1. The molecule has 2 aliphatic heterocycles. The van der Waals surface area contributed by atoms with E-state index in [0.717, 1.165) is 34.8 Å². The monoisotopic (exact) mass is 555 g/mol. The second kappa shape index (κ2) is 9.80. The maximum Gasteiger partial charge on any atom is 0.573 e. The summed E-state index contributed by atoms with van der Waals surface area (Å²) in [7, 11) is -3.73. The minimum atomic E-state index is -4.88. The number of fused-ring (bicyclic) bond motifs is 2. The molecule has 4 atom stereocenters. The van der Waals surface area contributed by atoms with Crippen molar-refractivity contribution in [1.29, 1.82) is 4.78 Å². The lowest BCUT2D eigenvalue weighted by atomic mass is 9.99. The zero-order chi connectivity index (χ0) is 26.4. The molecule has 3 N–H and O–H groups in total. The Morgan fingerprint density at radius 1 is 1.05 bits per heavy atom. The highest BCUT2D eigenvalue weighted by atomic mass is 32.2. The quantitative estimate of drug-likeness (QED) is 0.381. The van der Waals surface area contributed by atoms with Gasteiger partial charge in [0.2, 0.25) is 0 Å². The molecule has 0 spiro atoms. The van der Waals surface area contributed by atoms with Gasteiger partial charge in [0.05, 0.1) is 47.7 Å². The van der Waals surface area contributed by atoms with Crippen molar-refractivity contribution in [2.24, 2.45) is 0 Å². The SMILES string of the molecule is N=S(=O)(NC1COCC(N2c3ccccc3Sc3cc(F)ccc32)C1O)c1ccc(OC(F)(F)F)cc1. The zero-order valence-electron chi connectivity index (χ0n) is 18.9. The number of hydrogen-bond donors (Lipinski definition) is 3. The van der Waals surface area contributed by atoms with Crippen LogP contribution in [-0.2, 0) is 14.7 Å². The van der Waals surface area contributed by atoms with Crippen molar-refractivity contribution in [2.75, 3.05) is 18.1 Å². The molecule has 0 aromatic heterocycles. The van der Waals surface area contributed by atoms with E-state index in [0.29, 0.717) is 10.6 Å². The number of aliphatic hydroxyl groups is 1. The number of benzene rings is 3. The lowest BCUT2D eigenvalue weighted by molar-refractivity contribution is -0.274. The van der Waals surface area contributed by atoms with Crippen LogP contribution in [0.15, 0.2) is 81.4 Å².